The van der Waals surface area contributed by atoms with Gasteiger partial charge in [0.2, 0.25) is 0 Å². The van der Waals surface area contributed by atoms with E-state index in [1.165, 1.54) is 44.6 Å². The first-order valence-corrected chi connectivity index (χ1v) is 9.88. The Morgan fingerprint density at radius 1 is 0.714 bits per heavy atom. The Hall–Kier alpha value is 0.177. The van der Waals surface area contributed by atoms with Gasteiger partial charge in [-0.3, -0.25) is 0 Å². The monoisotopic (exact) mass is 216 g/mol. The van der Waals surface area contributed by atoms with E-state index in [2.05, 4.69) is 19.6 Å². The van der Waals surface area contributed by atoms with Crippen molar-refractivity contribution in [2.24, 2.45) is 0 Å². The Balaban J connectivity index is 2.99. The molecule has 0 heterocycles. The molecule has 0 rings (SSSR count). The van der Waals surface area contributed by atoms with Crippen LogP contribution in [0.25, 0.3) is 0 Å². The van der Waals surface area contributed by atoms with Crippen LogP contribution in [0.4, 0.5) is 0 Å². The molecule has 0 atom stereocenters. The molecule has 0 bridgehead atoms. The Kier molecular flexibility index (Phi) is 8.59. The first-order valence-electron chi connectivity index (χ1n) is 6.17. The molecule has 0 fully saturated rings. The highest BCUT2D eigenvalue weighted by atomic mass is 28.3. The SMILES string of the molecule is C[Si](C)(C)CCCCCCCCCO. The predicted octanol–water partition coefficient (Wildman–Crippen LogP) is 4.05. The lowest BCUT2D eigenvalue weighted by molar-refractivity contribution is 0.282. The van der Waals surface area contributed by atoms with E-state index in [9.17, 15) is 0 Å². The lowest BCUT2D eigenvalue weighted by atomic mass is 10.1. The highest BCUT2D eigenvalue weighted by Gasteiger charge is 2.11. The maximum absolute atomic E-state index is 8.60. The van der Waals surface area contributed by atoms with Gasteiger partial charge in [-0.15, -0.1) is 0 Å². The average molecular weight is 216 g/mol. The predicted molar refractivity (Wildman–Crippen MR) is 67.6 cm³/mol. The molecule has 0 spiro atoms. The van der Waals surface area contributed by atoms with Crippen molar-refractivity contribution in [2.45, 2.75) is 70.6 Å². The number of unbranched alkanes of at least 4 members (excludes halogenated alkanes) is 6. The zero-order valence-corrected chi connectivity index (χ0v) is 11.3. The lowest BCUT2D eigenvalue weighted by Gasteiger charge is -2.14. The molecular formula is C12H28OSi. The maximum atomic E-state index is 8.60. The molecule has 0 aromatic heterocycles. The molecule has 0 aliphatic carbocycles. The largest absolute Gasteiger partial charge is 0.396 e. The van der Waals surface area contributed by atoms with Gasteiger partial charge in [0.25, 0.3) is 0 Å². The molecule has 0 amide bonds. The first-order chi connectivity index (χ1) is 6.56. The van der Waals surface area contributed by atoms with E-state index in [1.807, 2.05) is 0 Å². The second-order valence-electron chi connectivity index (χ2n) is 5.51. The Labute approximate surface area is 90.9 Å². The smallest absolute Gasteiger partial charge is 0.0442 e. The van der Waals surface area contributed by atoms with E-state index >= 15 is 0 Å². The summed E-state index contributed by atoms with van der Waals surface area (Å²) in [6.07, 6.45) is 9.15. The highest BCUT2D eigenvalue weighted by Crippen LogP contribution is 2.15. The van der Waals surface area contributed by atoms with Crippen molar-refractivity contribution in [2.75, 3.05) is 6.61 Å². The molecule has 0 aromatic carbocycles. The van der Waals surface area contributed by atoms with E-state index in [-0.39, 0.29) is 0 Å². The number of hydrogen-bond acceptors (Lipinski definition) is 1. The van der Waals surface area contributed by atoms with Crippen LogP contribution in [0.3, 0.4) is 0 Å². The normalized spacial score (nSPS) is 12.0. The minimum Gasteiger partial charge on any atom is -0.396 e. The zero-order chi connectivity index (χ0) is 10.9. The summed E-state index contributed by atoms with van der Waals surface area (Å²) in [6.45, 7) is 7.73. The van der Waals surface area contributed by atoms with Crippen LogP contribution in [0.5, 0.6) is 0 Å². The van der Waals surface area contributed by atoms with Gasteiger partial charge in [0, 0.05) is 14.7 Å². The molecule has 1 nitrogen and oxygen atoms in total. The molecule has 0 aliphatic rings. The van der Waals surface area contributed by atoms with Crippen LogP contribution in [0.2, 0.25) is 25.7 Å². The van der Waals surface area contributed by atoms with Gasteiger partial charge in [-0.05, 0) is 6.42 Å². The molecule has 0 saturated carbocycles. The summed E-state index contributed by atoms with van der Waals surface area (Å²) in [5.41, 5.74) is 0. The van der Waals surface area contributed by atoms with Gasteiger partial charge in [0.1, 0.15) is 0 Å². The lowest BCUT2D eigenvalue weighted by Crippen LogP contribution is -2.18. The van der Waals surface area contributed by atoms with Gasteiger partial charge < -0.3 is 5.11 Å². The summed E-state index contributed by atoms with van der Waals surface area (Å²) in [7, 11) is -0.771. The van der Waals surface area contributed by atoms with Gasteiger partial charge >= 0.3 is 0 Å². The van der Waals surface area contributed by atoms with Gasteiger partial charge in [-0.2, -0.15) is 0 Å². The van der Waals surface area contributed by atoms with Crippen molar-refractivity contribution in [3.05, 3.63) is 0 Å². The van der Waals surface area contributed by atoms with Gasteiger partial charge in [-0.1, -0.05) is 64.2 Å². The third-order valence-electron chi connectivity index (χ3n) is 2.58. The minimum absolute atomic E-state index is 0.371. The maximum Gasteiger partial charge on any atom is 0.0442 e. The standard InChI is InChI=1S/C12H28OSi/c1-14(2,3)12-10-8-6-4-5-7-9-11-13/h13H,4-12H2,1-3H3. The van der Waals surface area contributed by atoms with E-state index in [0.29, 0.717) is 6.61 Å². The third-order valence-corrected chi connectivity index (χ3v) is 4.44. The van der Waals surface area contributed by atoms with Crippen molar-refractivity contribution in [3.63, 3.8) is 0 Å². The quantitative estimate of drug-likeness (QED) is 0.455. The summed E-state index contributed by atoms with van der Waals surface area (Å²) in [5.74, 6) is 0. The van der Waals surface area contributed by atoms with Crippen LogP contribution in [0.1, 0.15) is 44.9 Å². The molecule has 0 aromatic rings. The third kappa shape index (κ3) is 12.2. The topological polar surface area (TPSA) is 20.2 Å². The Morgan fingerprint density at radius 2 is 1.14 bits per heavy atom. The van der Waals surface area contributed by atoms with Gasteiger partial charge in [0.05, 0.1) is 0 Å². The van der Waals surface area contributed by atoms with Crippen LogP contribution in [-0.4, -0.2) is 19.8 Å². The van der Waals surface area contributed by atoms with Crippen molar-refractivity contribution in [1.29, 1.82) is 0 Å². The number of aliphatic hydroxyl groups is 1. The van der Waals surface area contributed by atoms with Crippen molar-refractivity contribution in [1.82, 2.24) is 0 Å². The van der Waals surface area contributed by atoms with Crippen LogP contribution in [-0.2, 0) is 0 Å². The van der Waals surface area contributed by atoms with Crippen molar-refractivity contribution < 1.29 is 5.11 Å². The Morgan fingerprint density at radius 3 is 1.57 bits per heavy atom. The molecule has 2 heteroatoms. The number of aliphatic hydroxyl groups excluding tert-OH is 1. The molecule has 0 aliphatic heterocycles. The number of hydrogen-bond donors (Lipinski definition) is 1. The van der Waals surface area contributed by atoms with Crippen molar-refractivity contribution >= 4 is 8.07 Å². The number of rotatable bonds is 9. The van der Waals surface area contributed by atoms with E-state index in [0.717, 1.165) is 6.42 Å². The molecule has 86 valence electrons. The summed E-state index contributed by atoms with van der Waals surface area (Å²) < 4.78 is 0. The Bertz CT molecular complexity index is 118. The van der Waals surface area contributed by atoms with Crippen LogP contribution < -0.4 is 0 Å². The van der Waals surface area contributed by atoms with E-state index in [4.69, 9.17) is 5.11 Å². The second kappa shape index (κ2) is 8.48. The summed E-state index contributed by atoms with van der Waals surface area (Å²) in [5, 5.41) is 8.60. The van der Waals surface area contributed by atoms with Crippen LogP contribution in [0, 0.1) is 0 Å². The zero-order valence-electron chi connectivity index (χ0n) is 10.3. The van der Waals surface area contributed by atoms with E-state index in [1.54, 1.807) is 0 Å². The molecule has 1 N–H and O–H groups in total. The molecular weight excluding hydrogens is 188 g/mol. The van der Waals surface area contributed by atoms with Gasteiger partial charge in [0.15, 0.2) is 0 Å². The minimum atomic E-state index is -0.771. The molecule has 14 heavy (non-hydrogen) atoms. The van der Waals surface area contributed by atoms with E-state index < -0.39 is 8.07 Å². The summed E-state index contributed by atoms with van der Waals surface area (Å²) >= 11 is 0. The highest BCUT2D eigenvalue weighted by molar-refractivity contribution is 6.76. The second-order valence-corrected chi connectivity index (χ2v) is 11.1. The fourth-order valence-electron chi connectivity index (χ4n) is 1.65. The summed E-state index contributed by atoms with van der Waals surface area (Å²) in [6, 6.07) is 1.49. The fraction of sp³-hybridized carbons (Fsp3) is 1.00. The molecule has 0 unspecified atom stereocenters. The van der Waals surface area contributed by atoms with Crippen molar-refractivity contribution in [3.8, 4) is 0 Å². The average Bonchev–Trinajstić information content (AvgIpc) is 2.08. The van der Waals surface area contributed by atoms with Crippen LogP contribution >= 0.6 is 0 Å². The summed E-state index contributed by atoms with van der Waals surface area (Å²) in [4.78, 5) is 0. The molecule has 0 saturated heterocycles. The first kappa shape index (κ1) is 14.2. The fourth-order valence-corrected chi connectivity index (χ4v) is 2.96. The van der Waals surface area contributed by atoms with Crippen LogP contribution in [0.15, 0.2) is 0 Å². The molecule has 0 radical (unpaired) electrons. The van der Waals surface area contributed by atoms with Gasteiger partial charge in [-0.25, -0.2) is 0 Å².